The molecule has 2 rings (SSSR count). The normalized spacial score (nSPS) is 11.0. The quantitative estimate of drug-likeness (QED) is 0.312. The second kappa shape index (κ2) is 9.42. The van der Waals surface area contributed by atoms with Crippen LogP contribution < -0.4 is 9.47 Å². The smallest absolute Gasteiger partial charge is 0.341 e. The highest BCUT2D eigenvalue weighted by Gasteiger charge is 2.16. The predicted molar refractivity (Wildman–Crippen MR) is 99.1 cm³/mol. The third-order valence-corrected chi connectivity index (χ3v) is 3.65. The van der Waals surface area contributed by atoms with Gasteiger partial charge in [0.25, 0.3) is 0 Å². The Morgan fingerprint density at radius 2 is 1.73 bits per heavy atom. The van der Waals surface area contributed by atoms with Crippen molar-refractivity contribution >= 4 is 17.8 Å². The van der Waals surface area contributed by atoms with Gasteiger partial charge in [0.2, 0.25) is 0 Å². The summed E-state index contributed by atoms with van der Waals surface area (Å²) in [6, 6.07) is 14.8. The van der Waals surface area contributed by atoms with Crippen molar-refractivity contribution in [2.24, 2.45) is 0 Å². The van der Waals surface area contributed by atoms with Crippen molar-refractivity contribution in [3.63, 3.8) is 0 Å². The minimum Gasteiger partial charge on any atom is -0.497 e. The molecule has 0 saturated carbocycles. The van der Waals surface area contributed by atoms with Gasteiger partial charge in [-0.1, -0.05) is 30.3 Å². The fraction of sp³-hybridized carbons (Fsp3) is 0.238. The Morgan fingerprint density at radius 3 is 2.35 bits per heavy atom. The summed E-state index contributed by atoms with van der Waals surface area (Å²) in [5, 5.41) is 0. The zero-order valence-corrected chi connectivity index (χ0v) is 15.2. The summed E-state index contributed by atoms with van der Waals surface area (Å²) in [6.45, 7) is 3.59. The van der Waals surface area contributed by atoms with Gasteiger partial charge >= 0.3 is 5.97 Å². The second-order valence-corrected chi connectivity index (χ2v) is 5.51. The lowest BCUT2D eigenvalue weighted by Gasteiger charge is -2.11. The number of esters is 1. The van der Waals surface area contributed by atoms with E-state index in [0.29, 0.717) is 17.9 Å². The van der Waals surface area contributed by atoms with Crippen LogP contribution in [0.15, 0.2) is 54.1 Å². The van der Waals surface area contributed by atoms with Crippen molar-refractivity contribution in [1.82, 2.24) is 0 Å². The molecule has 136 valence electrons. The molecule has 0 aliphatic carbocycles. The lowest BCUT2D eigenvalue weighted by atomic mass is 10.1. The molecule has 0 bridgehead atoms. The number of Topliss-reactive ketones (excluding diaryl/α,β-unsaturated/α-hetero) is 1. The molecule has 2 aromatic rings. The highest BCUT2D eigenvalue weighted by Crippen LogP contribution is 2.23. The van der Waals surface area contributed by atoms with Crippen LogP contribution in [0.2, 0.25) is 0 Å². The molecule has 0 aliphatic heterocycles. The zero-order chi connectivity index (χ0) is 18.9. The molecule has 0 heterocycles. The van der Waals surface area contributed by atoms with Crippen molar-refractivity contribution in [1.29, 1.82) is 0 Å². The molecular formula is C21H22O5. The minimum atomic E-state index is -0.634. The monoisotopic (exact) mass is 354 g/mol. The van der Waals surface area contributed by atoms with Crippen LogP contribution in [0.4, 0.5) is 0 Å². The molecule has 0 unspecified atom stereocenters. The topological polar surface area (TPSA) is 61.8 Å². The number of benzene rings is 2. The summed E-state index contributed by atoms with van der Waals surface area (Å²) in [5.74, 6) is 0.363. The van der Waals surface area contributed by atoms with Crippen LogP contribution in [-0.2, 0) is 20.9 Å². The first-order valence-electron chi connectivity index (χ1n) is 8.29. The first kappa shape index (κ1) is 19.2. The van der Waals surface area contributed by atoms with Gasteiger partial charge in [-0.3, -0.25) is 4.79 Å². The first-order valence-corrected chi connectivity index (χ1v) is 8.29. The lowest BCUT2D eigenvalue weighted by Crippen LogP contribution is -2.13. The molecule has 0 radical (unpaired) electrons. The van der Waals surface area contributed by atoms with Crippen LogP contribution in [0, 0.1) is 0 Å². The maximum atomic E-state index is 12.0. The average molecular weight is 354 g/mol. The molecule has 0 aromatic heterocycles. The largest absolute Gasteiger partial charge is 0.497 e. The Morgan fingerprint density at radius 1 is 1.04 bits per heavy atom. The summed E-state index contributed by atoms with van der Waals surface area (Å²) >= 11 is 0. The number of ketones is 1. The van der Waals surface area contributed by atoms with Crippen LogP contribution >= 0.6 is 0 Å². The fourth-order valence-corrected chi connectivity index (χ4v) is 2.28. The molecule has 0 fully saturated rings. The van der Waals surface area contributed by atoms with Crippen LogP contribution in [0.5, 0.6) is 11.5 Å². The van der Waals surface area contributed by atoms with Gasteiger partial charge in [0.1, 0.15) is 23.7 Å². The number of carbonyl (C=O) groups is 2. The highest BCUT2D eigenvalue weighted by atomic mass is 16.5. The van der Waals surface area contributed by atoms with E-state index < -0.39 is 5.97 Å². The zero-order valence-electron chi connectivity index (χ0n) is 15.2. The van der Waals surface area contributed by atoms with E-state index in [1.54, 1.807) is 26.2 Å². The number of rotatable bonds is 8. The summed E-state index contributed by atoms with van der Waals surface area (Å²) in [5.41, 5.74) is 1.60. The fourth-order valence-electron chi connectivity index (χ4n) is 2.28. The van der Waals surface area contributed by atoms with Gasteiger partial charge in [-0.15, -0.1) is 0 Å². The molecular weight excluding hydrogens is 332 g/mol. The van der Waals surface area contributed by atoms with Gasteiger partial charge in [-0.2, -0.15) is 0 Å². The summed E-state index contributed by atoms with van der Waals surface area (Å²) in [4.78, 5) is 23.8. The van der Waals surface area contributed by atoms with E-state index in [2.05, 4.69) is 0 Å². The first-order chi connectivity index (χ1) is 12.5. The van der Waals surface area contributed by atoms with Crippen LogP contribution in [0.25, 0.3) is 6.08 Å². The van der Waals surface area contributed by atoms with E-state index in [-0.39, 0.29) is 18.0 Å². The minimum absolute atomic E-state index is 0.00709. The Balaban J connectivity index is 2.21. The van der Waals surface area contributed by atoms with E-state index in [9.17, 15) is 9.59 Å². The molecule has 0 N–H and O–H groups in total. The standard InChI is InChI=1S/C21H22O5/c1-4-25-21(23)19(15(2)22)13-17-7-5-6-8-20(17)26-14-16-9-11-18(24-3)12-10-16/h5-13H,4,14H2,1-3H3/b19-13+. The predicted octanol–water partition coefficient (Wildman–Crippen LogP) is 3.81. The van der Waals surface area contributed by atoms with E-state index in [1.165, 1.54) is 13.0 Å². The molecule has 26 heavy (non-hydrogen) atoms. The number of ether oxygens (including phenoxy) is 3. The van der Waals surface area contributed by atoms with Gasteiger partial charge < -0.3 is 14.2 Å². The van der Waals surface area contributed by atoms with Gasteiger partial charge in [0.15, 0.2) is 5.78 Å². The van der Waals surface area contributed by atoms with Gasteiger partial charge in [-0.05, 0) is 43.7 Å². The third-order valence-electron chi connectivity index (χ3n) is 3.65. The lowest BCUT2D eigenvalue weighted by molar-refractivity contribution is -0.139. The summed E-state index contributed by atoms with van der Waals surface area (Å²) < 4.78 is 16.0. The number of para-hydroxylation sites is 1. The maximum absolute atomic E-state index is 12.0. The highest BCUT2D eigenvalue weighted by molar-refractivity contribution is 6.19. The van der Waals surface area contributed by atoms with Crippen molar-refractivity contribution in [2.45, 2.75) is 20.5 Å². The van der Waals surface area contributed by atoms with Crippen LogP contribution in [0.3, 0.4) is 0 Å². The van der Waals surface area contributed by atoms with Gasteiger partial charge in [-0.25, -0.2) is 4.79 Å². The SMILES string of the molecule is CCOC(=O)/C(=C/c1ccccc1OCc1ccc(OC)cc1)C(C)=O. The molecule has 0 saturated heterocycles. The second-order valence-electron chi connectivity index (χ2n) is 5.51. The number of methoxy groups -OCH3 is 1. The molecule has 0 spiro atoms. The van der Waals surface area contributed by atoms with Crippen molar-refractivity contribution in [3.8, 4) is 11.5 Å². The molecule has 0 atom stereocenters. The van der Waals surface area contributed by atoms with E-state index in [0.717, 1.165) is 11.3 Å². The van der Waals surface area contributed by atoms with Gasteiger partial charge in [0.05, 0.1) is 13.7 Å². The van der Waals surface area contributed by atoms with Crippen LogP contribution in [-0.4, -0.2) is 25.5 Å². The number of hydrogen-bond donors (Lipinski definition) is 0. The number of hydrogen-bond acceptors (Lipinski definition) is 5. The number of carbonyl (C=O) groups excluding carboxylic acids is 2. The van der Waals surface area contributed by atoms with Crippen LogP contribution in [0.1, 0.15) is 25.0 Å². The molecule has 0 aliphatic rings. The van der Waals surface area contributed by atoms with Crippen molar-refractivity contribution in [2.75, 3.05) is 13.7 Å². The summed E-state index contributed by atoms with van der Waals surface area (Å²) in [7, 11) is 1.62. The molecule has 0 amide bonds. The average Bonchev–Trinajstić information content (AvgIpc) is 2.65. The van der Waals surface area contributed by atoms with E-state index in [4.69, 9.17) is 14.2 Å². The van der Waals surface area contributed by atoms with E-state index >= 15 is 0 Å². The molecule has 5 heteroatoms. The van der Waals surface area contributed by atoms with Crippen molar-refractivity contribution < 1.29 is 23.8 Å². The Hall–Kier alpha value is -3.08. The van der Waals surface area contributed by atoms with E-state index in [1.807, 2.05) is 36.4 Å². The Kier molecular flexibility index (Phi) is 6.97. The Bertz CT molecular complexity index is 790. The Labute approximate surface area is 153 Å². The third kappa shape index (κ3) is 5.21. The molecule has 2 aromatic carbocycles. The van der Waals surface area contributed by atoms with Gasteiger partial charge in [0, 0.05) is 5.56 Å². The maximum Gasteiger partial charge on any atom is 0.341 e. The summed E-state index contributed by atoms with van der Waals surface area (Å²) in [6.07, 6.45) is 1.50. The van der Waals surface area contributed by atoms with Crippen molar-refractivity contribution in [3.05, 3.63) is 65.2 Å². The molecule has 5 nitrogen and oxygen atoms in total.